The molecule has 3 heterocycles. The van der Waals surface area contributed by atoms with Gasteiger partial charge in [0.1, 0.15) is 4.90 Å². The van der Waals surface area contributed by atoms with Crippen molar-refractivity contribution in [3.8, 4) is 0 Å². The van der Waals surface area contributed by atoms with Gasteiger partial charge in [0.15, 0.2) is 0 Å². The third-order valence-electron chi connectivity index (χ3n) is 4.80. The number of rotatable bonds is 3. The van der Waals surface area contributed by atoms with Gasteiger partial charge in [0.05, 0.1) is 11.4 Å². The van der Waals surface area contributed by atoms with E-state index in [1.165, 1.54) is 0 Å². The fourth-order valence-electron chi connectivity index (χ4n) is 3.80. The van der Waals surface area contributed by atoms with E-state index in [9.17, 15) is 8.42 Å². The van der Waals surface area contributed by atoms with Gasteiger partial charge < -0.3 is 5.32 Å². The summed E-state index contributed by atoms with van der Waals surface area (Å²) < 4.78 is 27.8. The molecule has 7 heteroatoms. The number of H-pyrrole nitrogens is 1. The molecule has 21 heavy (non-hydrogen) atoms. The molecule has 0 aliphatic carbocycles. The third-order valence-corrected chi connectivity index (χ3v) is 6.99. The molecule has 0 bridgehead atoms. The molecule has 0 aromatic carbocycles. The standard InChI is InChI=1S/C14H24N4O2S/c1-10-14(11(2)17-16-10)21(19,20)18-9-3-4-13(18)12-5-7-15-8-6-12/h12-13,15H,3-9H2,1-2H3,(H,16,17). The number of nitrogens with one attached hydrogen (secondary N) is 2. The first-order valence-corrected chi connectivity index (χ1v) is 9.20. The molecule has 1 aromatic heterocycles. The topological polar surface area (TPSA) is 78.1 Å². The highest BCUT2D eigenvalue weighted by Crippen LogP contribution is 2.35. The van der Waals surface area contributed by atoms with Crippen LogP contribution in [0.15, 0.2) is 4.90 Å². The van der Waals surface area contributed by atoms with Gasteiger partial charge in [-0.15, -0.1) is 0 Å². The zero-order valence-corrected chi connectivity index (χ0v) is 13.5. The lowest BCUT2D eigenvalue weighted by molar-refractivity contribution is 0.235. The number of sulfonamides is 1. The maximum Gasteiger partial charge on any atom is 0.246 e. The van der Waals surface area contributed by atoms with Crippen LogP contribution in [0.4, 0.5) is 0 Å². The Hall–Kier alpha value is -0.920. The van der Waals surface area contributed by atoms with Crippen LogP contribution < -0.4 is 5.32 Å². The van der Waals surface area contributed by atoms with E-state index in [0.717, 1.165) is 38.8 Å². The van der Waals surface area contributed by atoms with E-state index in [0.29, 0.717) is 28.7 Å². The van der Waals surface area contributed by atoms with Crippen LogP contribution >= 0.6 is 0 Å². The minimum Gasteiger partial charge on any atom is -0.317 e. The van der Waals surface area contributed by atoms with Crippen LogP contribution in [0.1, 0.15) is 37.1 Å². The number of hydrogen-bond donors (Lipinski definition) is 2. The second kappa shape index (κ2) is 5.70. The first kappa shape index (κ1) is 15.0. The Labute approximate surface area is 126 Å². The van der Waals surface area contributed by atoms with Crippen molar-refractivity contribution in [3.05, 3.63) is 11.4 Å². The van der Waals surface area contributed by atoms with E-state index in [1.807, 2.05) is 0 Å². The lowest BCUT2D eigenvalue weighted by Crippen LogP contribution is -2.44. The zero-order valence-electron chi connectivity index (χ0n) is 12.7. The number of aryl methyl sites for hydroxylation is 2. The Morgan fingerprint density at radius 3 is 2.52 bits per heavy atom. The Morgan fingerprint density at radius 2 is 1.90 bits per heavy atom. The van der Waals surface area contributed by atoms with E-state index in [2.05, 4.69) is 15.5 Å². The molecule has 2 fully saturated rings. The minimum atomic E-state index is -3.44. The summed E-state index contributed by atoms with van der Waals surface area (Å²) in [5.74, 6) is 0.482. The summed E-state index contributed by atoms with van der Waals surface area (Å²) in [4.78, 5) is 0.378. The van der Waals surface area contributed by atoms with Gasteiger partial charge in [-0.25, -0.2) is 8.42 Å². The van der Waals surface area contributed by atoms with Crippen LogP contribution in [0.3, 0.4) is 0 Å². The van der Waals surface area contributed by atoms with Gasteiger partial charge in [-0.05, 0) is 58.5 Å². The molecule has 2 aliphatic heterocycles. The van der Waals surface area contributed by atoms with Gasteiger partial charge in [0, 0.05) is 12.6 Å². The first-order chi connectivity index (χ1) is 10.0. The smallest absolute Gasteiger partial charge is 0.246 e. The summed E-state index contributed by atoms with van der Waals surface area (Å²) in [6.07, 6.45) is 4.09. The Kier molecular flexibility index (Phi) is 4.07. The number of aromatic nitrogens is 2. The summed E-state index contributed by atoms with van der Waals surface area (Å²) in [6.45, 7) is 6.17. The Morgan fingerprint density at radius 1 is 1.19 bits per heavy atom. The van der Waals surface area contributed by atoms with Crippen molar-refractivity contribution in [1.29, 1.82) is 0 Å². The fourth-order valence-corrected chi connectivity index (χ4v) is 5.89. The summed E-state index contributed by atoms with van der Waals surface area (Å²) in [5, 5.41) is 10.2. The maximum absolute atomic E-state index is 13.0. The largest absolute Gasteiger partial charge is 0.317 e. The average Bonchev–Trinajstić information content (AvgIpc) is 3.07. The van der Waals surface area contributed by atoms with Crippen LogP contribution in [0, 0.1) is 19.8 Å². The van der Waals surface area contributed by atoms with Crippen molar-refractivity contribution in [2.75, 3.05) is 19.6 Å². The van der Waals surface area contributed by atoms with E-state index < -0.39 is 10.0 Å². The molecule has 0 saturated carbocycles. The molecule has 2 aliphatic rings. The molecule has 0 amide bonds. The molecular weight excluding hydrogens is 288 g/mol. The van der Waals surface area contributed by atoms with Crippen molar-refractivity contribution in [2.24, 2.45) is 5.92 Å². The van der Waals surface area contributed by atoms with E-state index in [-0.39, 0.29) is 6.04 Å². The molecule has 118 valence electrons. The molecule has 0 spiro atoms. The average molecular weight is 312 g/mol. The van der Waals surface area contributed by atoms with Crippen molar-refractivity contribution in [1.82, 2.24) is 19.8 Å². The summed E-state index contributed by atoms with van der Waals surface area (Å²) in [5.41, 5.74) is 1.21. The minimum absolute atomic E-state index is 0.158. The van der Waals surface area contributed by atoms with E-state index in [4.69, 9.17) is 0 Å². The van der Waals surface area contributed by atoms with Gasteiger partial charge in [-0.1, -0.05) is 0 Å². The number of piperidine rings is 1. The second-order valence-corrected chi connectivity index (χ2v) is 8.00. The van der Waals surface area contributed by atoms with Crippen LogP contribution in [-0.4, -0.2) is 48.6 Å². The molecule has 3 rings (SSSR count). The number of hydrogen-bond acceptors (Lipinski definition) is 4. The van der Waals surface area contributed by atoms with Gasteiger partial charge in [0.2, 0.25) is 10.0 Å². The van der Waals surface area contributed by atoms with Crippen molar-refractivity contribution < 1.29 is 8.42 Å². The van der Waals surface area contributed by atoms with Gasteiger partial charge >= 0.3 is 0 Å². The highest BCUT2D eigenvalue weighted by molar-refractivity contribution is 7.89. The van der Waals surface area contributed by atoms with Gasteiger partial charge in [0.25, 0.3) is 0 Å². The normalized spacial score (nSPS) is 25.5. The Bertz CT molecular complexity index is 585. The molecule has 1 atom stereocenters. The third kappa shape index (κ3) is 2.62. The number of aromatic amines is 1. The highest BCUT2D eigenvalue weighted by Gasteiger charge is 2.41. The number of nitrogens with zero attached hydrogens (tertiary/aromatic N) is 2. The lowest BCUT2D eigenvalue weighted by Gasteiger charge is -2.33. The van der Waals surface area contributed by atoms with Crippen LogP contribution in [0.5, 0.6) is 0 Å². The quantitative estimate of drug-likeness (QED) is 0.878. The van der Waals surface area contributed by atoms with Crippen LogP contribution in [-0.2, 0) is 10.0 Å². The van der Waals surface area contributed by atoms with E-state index >= 15 is 0 Å². The summed E-state index contributed by atoms with van der Waals surface area (Å²) in [6, 6.07) is 0.158. The Balaban J connectivity index is 1.90. The zero-order chi connectivity index (χ0) is 15.0. The highest BCUT2D eigenvalue weighted by atomic mass is 32.2. The maximum atomic E-state index is 13.0. The molecule has 1 aromatic rings. The monoisotopic (exact) mass is 312 g/mol. The van der Waals surface area contributed by atoms with E-state index in [1.54, 1.807) is 18.2 Å². The van der Waals surface area contributed by atoms with Gasteiger partial charge in [-0.3, -0.25) is 5.10 Å². The second-order valence-electron chi connectivity index (χ2n) is 6.18. The van der Waals surface area contributed by atoms with Crippen LogP contribution in [0.25, 0.3) is 0 Å². The SMILES string of the molecule is Cc1n[nH]c(C)c1S(=O)(=O)N1CCCC1C1CCNCC1. The fraction of sp³-hybridized carbons (Fsp3) is 0.786. The molecule has 2 saturated heterocycles. The van der Waals surface area contributed by atoms with Crippen molar-refractivity contribution in [3.63, 3.8) is 0 Å². The summed E-state index contributed by atoms with van der Waals surface area (Å²) >= 11 is 0. The first-order valence-electron chi connectivity index (χ1n) is 7.76. The summed E-state index contributed by atoms with van der Waals surface area (Å²) in [7, 11) is -3.44. The predicted octanol–water partition coefficient (Wildman–Crippen LogP) is 1.18. The molecule has 6 nitrogen and oxygen atoms in total. The van der Waals surface area contributed by atoms with Crippen LogP contribution in [0.2, 0.25) is 0 Å². The molecule has 1 unspecified atom stereocenters. The molecule has 0 radical (unpaired) electrons. The molecule has 2 N–H and O–H groups in total. The van der Waals surface area contributed by atoms with Crippen molar-refractivity contribution >= 4 is 10.0 Å². The van der Waals surface area contributed by atoms with Crippen molar-refractivity contribution in [2.45, 2.75) is 50.5 Å². The molecular formula is C14H24N4O2S. The lowest BCUT2D eigenvalue weighted by atomic mass is 9.89. The van der Waals surface area contributed by atoms with Gasteiger partial charge in [-0.2, -0.15) is 9.40 Å². The predicted molar refractivity (Wildman–Crippen MR) is 80.6 cm³/mol.